The SMILES string of the molecule is CCC(=O)Oc1ccc(O[Si](C)(C)C(C)(C)C)c(O[Si](C)(C)C(C)(C)C)c1.[H-].[Na+]. The second-order valence-corrected chi connectivity index (χ2v) is 19.6. The molecule has 0 radical (unpaired) electrons. The Morgan fingerprint density at radius 2 is 1.32 bits per heavy atom. The Labute approximate surface area is 197 Å². The van der Waals surface area contributed by atoms with Gasteiger partial charge in [0, 0.05) is 12.5 Å². The van der Waals surface area contributed by atoms with Crippen LogP contribution in [0.2, 0.25) is 36.3 Å². The van der Waals surface area contributed by atoms with Crippen LogP contribution in [0.15, 0.2) is 18.2 Å². The Morgan fingerprint density at radius 3 is 1.71 bits per heavy atom. The van der Waals surface area contributed by atoms with Gasteiger partial charge < -0.3 is 15.0 Å². The van der Waals surface area contributed by atoms with Crippen molar-refractivity contribution in [3.05, 3.63) is 18.2 Å². The minimum atomic E-state index is -2.07. The van der Waals surface area contributed by atoms with E-state index in [1.807, 2.05) is 6.07 Å². The third-order valence-corrected chi connectivity index (χ3v) is 14.5. The molecule has 1 aromatic carbocycles. The average molecular weight is 435 g/mol. The Bertz CT molecular complexity index is 680. The van der Waals surface area contributed by atoms with Gasteiger partial charge >= 0.3 is 35.5 Å². The molecule has 7 heteroatoms. The second-order valence-electron chi connectivity index (χ2n) is 10.2. The van der Waals surface area contributed by atoms with Crippen LogP contribution >= 0.6 is 0 Å². The molecule has 0 heterocycles. The van der Waals surface area contributed by atoms with Crippen LogP contribution in [-0.2, 0) is 4.79 Å². The van der Waals surface area contributed by atoms with E-state index < -0.39 is 16.6 Å². The number of carbonyl (C=O) groups excluding carboxylic acids is 1. The first-order chi connectivity index (χ1) is 12.0. The van der Waals surface area contributed by atoms with Gasteiger partial charge in [-0.1, -0.05) is 48.5 Å². The van der Waals surface area contributed by atoms with E-state index in [1.54, 1.807) is 19.1 Å². The summed E-state index contributed by atoms with van der Waals surface area (Å²) in [4.78, 5) is 11.7. The van der Waals surface area contributed by atoms with Crippen molar-refractivity contribution in [2.24, 2.45) is 0 Å². The predicted octanol–water partition coefficient (Wildman–Crippen LogP) is 3.89. The van der Waals surface area contributed by atoms with Crippen molar-refractivity contribution in [3.63, 3.8) is 0 Å². The van der Waals surface area contributed by atoms with Gasteiger partial charge in [-0.05, 0) is 48.4 Å². The van der Waals surface area contributed by atoms with E-state index in [0.717, 1.165) is 5.75 Å². The summed E-state index contributed by atoms with van der Waals surface area (Å²) < 4.78 is 18.5. The van der Waals surface area contributed by atoms with Crippen LogP contribution in [0.3, 0.4) is 0 Å². The molecule has 4 nitrogen and oxygen atoms in total. The zero-order chi connectivity index (χ0) is 21.3. The van der Waals surface area contributed by atoms with Crippen molar-refractivity contribution in [2.75, 3.05) is 0 Å². The van der Waals surface area contributed by atoms with Crippen LogP contribution in [0.1, 0.15) is 56.3 Å². The van der Waals surface area contributed by atoms with Crippen molar-refractivity contribution >= 4 is 22.6 Å². The van der Waals surface area contributed by atoms with Crippen LogP contribution in [-0.4, -0.2) is 22.6 Å². The summed E-state index contributed by atoms with van der Waals surface area (Å²) in [5.74, 6) is 1.65. The van der Waals surface area contributed by atoms with Gasteiger partial charge in [-0.25, -0.2) is 0 Å². The molecule has 1 aromatic rings. The molecule has 0 unspecified atom stereocenters. The Hall–Kier alpha value is -0.276. The number of hydrogen-bond acceptors (Lipinski definition) is 4. The van der Waals surface area contributed by atoms with Crippen molar-refractivity contribution < 1.29 is 49.4 Å². The standard InChI is InChI=1S/C21H38O4Si2.Na.H/c1-12-19(22)23-16-13-14-17(24-26(8,9)20(2,3)4)18(15-16)25-27(10,11)21(5,6)7;;/h13-15H,12H2,1-11H3;;/q;+1;-1. The predicted molar refractivity (Wildman–Crippen MR) is 119 cm³/mol. The van der Waals surface area contributed by atoms with Crippen molar-refractivity contribution in [2.45, 2.75) is 91.2 Å². The zero-order valence-corrected chi connectivity index (χ0v) is 24.1. The monoisotopic (exact) mass is 434 g/mol. The molecule has 0 aromatic heterocycles. The number of ether oxygens (including phenoxy) is 1. The van der Waals surface area contributed by atoms with Crippen LogP contribution in [0.5, 0.6) is 17.2 Å². The molecule has 156 valence electrons. The van der Waals surface area contributed by atoms with Crippen molar-refractivity contribution in [1.82, 2.24) is 0 Å². The fourth-order valence-corrected chi connectivity index (χ4v) is 3.82. The normalized spacial score (nSPS) is 12.8. The maximum Gasteiger partial charge on any atom is 1.00 e. The molecular formula is C21H39NaO4Si2. The Morgan fingerprint density at radius 1 is 0.893 bits per heavy atom. The van der Waals surface area contributed by atoms with E-state index in [1.165, 1.54) is 0 Å². The number of hydrogen-bond donors (Lipinski definition) is 0. The minimum Gasteiger partial charge on any atom is -1.00 e. The quantitative estimate of drug-likeness (QED) is 0.387. The molecule has 0 saturated carbocycles. The smallest absolute Gasteiger partial charge is 1.00 e. The zero-order valence-electron chi connectivity index (χ0n) is 21.1. The van der Waals surface area contributed by atoms with Crippen LogP contribution in [0.4, 0.5) is 0 Å². The summed E-state index contributed by atoms with van der Waals surface area (Å²) >= 11 is 0. The van der Waals surface area contributed by atoms with E-state index in [2.05, 4.69) is 67.7 Å². The third-order valence-electron chi connectivity index (χ3n) is 5.78. The summed E-state index contributed by atoms with van der Waals surface area (Å²) in [5.41, 5.74) is 0. The molecular weight excluding hydrogens is 395 g/mol. The average Bonchev–Trinajstić information content (AvgIpc) is 2.47. The van der Waals surface area contributed by atoms with Crippen LogP contribution < -0.4 is 43.1 Å². The van der Waals surface area contributed by atoms with Gasteiger partial charge in [-0.2, -0.15) is 0 Å². The molecule has 28 heavy (non-hydrogen) atoms. The molecule has 0 N–H and O–H groups in total. The van der Waals surface area contributed by atoms with Gasteiger partial charge in [0.1, 0.15) is 17.2 Å². The van der Waals surface area contributed by atoms with E-state index in [0.29, 0.717) is 17.9 Å². The summed E-state index contributed by atoms with van der Waals surface area (Å²) in [6.45, 7) is 23.9. The first-order valence-corrected chi connectivity index (χ1v) is 15.5. The first kappa shape index (κ1) is 27.7. The Kier molecular flexibility index (Phi) is 9.59. The molecule has 0 spiro atoms. The molecule has 0 aliphatic heterocycles. The van der Waals surface area contributed by atoms with E-state index >= 15 is 0 Å². The molecule has 0 amide bonds. The number of esters is 1. The number of carbonyl (C=O) groups is 1. The van der Waals surface area contributed by atoms with Gasteiger partial charge in [0.05, 0.1) is 0 Å². The molecule has 0 aliphatic rings. The molecule has 0 fully saturated rings. The maximum atomic E-state index is 11.7. The van der Waals surface area contributed by atoms with Crippen molar-refractivity contribution in [1.29, 1.82) is 0 Å². The number of benzene rings is 1. The fraction of sp³-hybridized carbons (Fsp3) is 0.667. The Balaban J connectivity index is 0. The van der Waals surface area contributed by atoms with Crippen LogP contribution in [0.25, 0.3) is 0 Å². The third kappa shape index (κ3) is 7.20. The number of rotatable bonds is 6. The molecule has 0 bridgehead atoms. The van der Waals surface area contributed by atoms with Crippen LogP contribution in [0, 0.1) is 0 Å². The summed E-state index contributed by atoms with van der Waals surface area (Å²) in [6, 6.07) is 5.46. The van der Waals surface area contributed by atoms with Gasteiger partial charge in [0.15, 0.2) is 0 Å². The molecule has 1 rings (SSSR count). The van der Waals surface area contributed by atoms with E-state index in [4.69, 9.17) is 13.6 Å². The van der Waals surface area contributed by atoms with Gasteiger partial charge in [0.2, 0.25) is 0 Å². The fourth-order valence-electron chi connectivity index (χ4n) is 1.78. The van der Waals surface area contributed by atoms with Gasteiger partial charge in [-0.15, -0.1) is 0 Å². The first-order valence-electron chi connectivity index (χ1n) is 9.73. The summed E-state index contributed by atoms with van der Waals surface area (Å²) in [6.07, 6.45) is 0.334. The van der Waals surface area contributed by atoms with E-state index in [9.17, 15) is 4.79 Å². The summed E-state index contributed by atoms with van der Waals surface area (Å²) in [5, 5.41) is 0.131. The minimum absolute atomic E-state index is 0. The van der Waals surface area contributed by atoms with Crippen molar-refractivity contribution in [3.8, 4) is 17.2 Å². The van der Waals surface area contributed by atoms with E-state index in [-0.39, 0.29) is 47.0 Å². The molecule has 0 saturated heterocycles. The maximum absolute atomic E-state index is 11.7. The topological polar surface area (TPSA) is 44.8 Å². The van der Waals surface area contributed by atoms with Gasteiger partial charge in [-0.3, -0.25) is 4.79 Å². The largest absolute Gasteiger partial charge is 1.00 e. The molecule has 0 atom stereocenters. The molecule has 0 aliphatic carbocycles. The van der Waals surface area contributed by atoms with Gasteiger partial charge in [0.25, 0.3) is 16.6 Å². The summed E-state index contributed by atoms with van der Waals surface area (Å²) in [7, 11) is -4.10. The second kappa shape index (κ2) is 9.69.